The number of hydrogen-bond acceptors (Lipinski definition) is 3. The number of nitrogens with zero attached hydrogens (tertiary/aromatic N) is 2. The van der Waals surface area contributed by atoms with E-state index in [1.165, 1.54) is 5.56 Å². The molecule has 0 spiro atoms. The van der Waals surface area contributed by atoms with Crippen LogP contribution in [0.15, 0.2) is 24.3 Å². The number of likely N-dealkylation sites (N-methyl/N-ethyl adjacent to an activating group) is 1. The number of carbonyl (C=O) groups excluding carboxylic acids is 1. The smallest absolute Gasteiger partial charge is 0.221 e. The van der Waals surface area contributed by atoms with Gasteiger partial charge in [-0.15, -0.1) is 0 Å². The molecule has 0 atom stereocenters. The van der Waals surface area contributed by atoms with Crippen LogP contribution in [0.3, 0.4) is 0 Å². The molecule has 1 aromatic rings. The molecular weight excluding hydrogens is 226 g/mol. The molecule has 0 unspecified atom stereocenters. The Morgan fingerprint density at radius 1 is 1.22 bits per heavy atom. The molecule has 1 heterocycles. The zero-order valence-electron chi connectivity index (χ0n) is 11.1. The van der Waals surface area contributed by atoms with Gasteiger partial charge in [-0.05, 0) is 18.7 Å². The van der Waals surface area contributed by atoms with E-state index in [2.05, 4.69) is 28.2 Å². The number of anilines is 1. The number of rotatable bonds is 3. The van der Waals surface area contributed by atoms with Gasteiger partial charge in [0.1, 0.15) is 0 Å². The first-order valence-corrected chi connectivity index (χ1v) is 6.41. The molecule has 2 rings (SSSR count). The van der Waals surface area contributed by atoms with Gasteiger partial charge in [-0.25, -0.2) is 0 Å². The number of piperazine rings is 1. The Bertz CT molecular complexity index is 411. The Morgan fingerprint density at radius 3 is 2.56 bits per heavy atom. The first-order valence-electron chi connectivity index (χ1n) is 6.41. The fraction of sp³-hybridized carbons (Fsp3) is 0.500. The molecular formula is C14H21N3O. The van der Waals surface area contributed by atoms with Crippen molar-refractivity contribution in [2.75, 3.05) is 38.5 Å². The monoisotopic (exact) mass is 247 g/mol. The summed E-state index contributed by atoms with van der Waals surface area (Å²) in [6, 6.07) is 8.03. The van der Waals surface area contributed by atoms with Crippen LogP contribution in [0.25, 0.3) is 0 Å². The molecule has 1 fully saturated rings. The fourth-order valence-electron chi connectivity index (χ4n) is 2.22. The molecule has 1 N–H and O–H groups in total. The van der Waals surface area contributed by atoms with Crippen LogP contribution in [0.5, 0.6) is 0 Å². The molecule has 98 valence electrons. The van der Waals surface area contributed by atoms with Crippen molar-refractivity contribution >= 4 is 11.6 Å². The van der Waals surface area contributed by atoms with E-state index in [0.29, 0.717) is 0 Å². The van der Waals surface area contributed by atoms with Crippen molar-refractivity contribution in [2.45, 2.75) is 13.5 Å². The summed E-state index contributed by atoms with van der Waals surface area (Å²) in [4.78, 5) is 15.9. The van der Waals surface area contributed by atoms with Crippen LogP contribution in [0.1, 0.15) is 12.5 Å². The van der Waals surface area contributed by atoms with Crippen molar-refractivity contribution in [1.29, 1.82) is 0 Å². The third-order valence-corrected chi connectivity index (χ3v) is 3.32. The Kier molecular flexibility index (Phi) is 4.33. The Morgan fingerprint density at radius 2 is 1.89 bits per heavy atom. The Labute approximate surface area is 109 Å². The van der Waals surface area contributed by atoms with Crippen molar-refractivity contribution in [2.24, 2.45) is 0 Å². The average Bonchev–Trinajstić information content (AvgIpc) is 2.34. The third kappa shape index (κ3) is 3.55. The minimum Gasteiger partial charge on any atom is -0.326 e. The largest absolute Gasteiger partial charge is 0.326 e. The van der Waals surface area contributed by atoms with Gasteiger partial charge in [-0.3, -0.25) is 9.69 Å². The molecule has 0 aromatic heterocycles. The minimum absolute atomic E-state index is 0.0131. The molecule has 1 aliphatic heterocycles. The van der Waals surface area contributed by atoms with Gasteiger partial charge in [0.15, 0.2) is 0 Å². The van der Waals surface area contributed by atoms with E-state index in [0.717, 1.165) is 38.4 Å². The number of benzene rings is 1. The van der Waals surface area contributed by atoms with Crippen LogP contribution in [0.4, 0.5) is 5.69 Å². The summed E-state index contributed by atoms with van der Waals surface area (Å²) in [5.74, 6) is -0.0131. The van der Waals surface area contributed by atoms with Crippen LogP contribution >= 0.6 is 0 Å². The van der Waals surface area contributed by atoms with Crippen LogP contribution in [-0.2, 0) is 11.3 Å². The predicted octanol–water partition coefficient (Wildman–Crippen LogP) is 1.39. The maximum Gasteiger partial charge on any atom is 0.221 e. The van der Waals surface area contributed by atoms with Gasteiger partial charge in [-0.1, -0.05) is 18.2 Å². The van der Waals surface area contributed by atoms with E-state index >= 15 is 0 Å². The van der Waals surface area contributed by atoms with Crippen molar-refractivity contribution in [1.82, 2.24) is 9.80 Å². The van der Waals surface area contributed by atoms with E-state index in [-0.39, 0.29) is 5.91 Å². The average molecular weight is 247 g/mol. The zero-order chi connectivity index (χ0) is 13.0. The standard InChI is InChI=1S/C14H21N3O/c1-12(18)15-14-6-4-3-5-13(14)11-17-9-7-16(2)8-10-17/h3-6H,7-11H2,1-2H3,(H,15,18). The summed E-state index contributed by atoms with van der Waals surface area (Å²) in [7, 11) is 2.16. The predicted molar refractivity (Wildman–Crippen MR) is 73.5 cm³/mol. The molecule has 1 saturated heterocycles. The van der Waals surface area contributed by atoms with E-state index < -0.39 is 0 Å². The number of hydrogen-bond donors (Lipinski definition) is 1. The van der Waals surface area contributed by atoms with Crippen LogP contribution < -0.4 is 5.32 Å². The van der Waals surface area contributed by atoms with Gasteiger partial charge in [0.2, 0.25) is 5.91 Å². The summed E-state index contributed by atoms with van der Waals surface area (Å²) in [6.07, 6.45) is 0. The van der Waals surface area contributed by atoms with E-state index in [9.17, 15) is 4.79 Å². The topological polar surface area (TPSA) is 35.6 Å². The summed E-state index contributed by atoms with van der Waals surface area (Å²) in [5, 5.41) is 2.90. The summed E-state index contributed by atoms with van der Waals surface area (Å²) >= 11 is 0. The molecule has 18 heavy (non-hydrogen) atoms. The van der Waals surface area contributed by atoms with E-state index in [1.54, 1.807) is 6.92 Å². The van der Waals surface area contributed by atoms with Crippen molar-refractivity contribution in [3.63, 3.8) is 0 Å². The van der Waals surface area contributed by atoms with Crippen molar-refractivity contribution < 1.29 is 4.79 Å². The van der Waals surface area contributed by atoms with Gasteiger partial charge in [0.05, 0.1) is 0 Å². The highest BCUT2D eigenvalue weighted by Gasteiger charge is 2.15. The molecule has 0 bridgehead atoms. The molecule has 1 aliphatic rings. The molecule has 4 nitrogen and oxygen atoms in total. The SMILES string of the molecule is CC(=O)Nc1ccccc1CN1CCN(C)CC1. The number of amides is 1. The lowest BCUT2D eigenvalue weighted by atomic mass is 10.1. The quantitative estimate of drug-likeness (QED) is 0.877. The van der Waals surface area contributed by atoms with Gasteiger partial charge < -0.3 is 10.2 Å². The lowest BCUT2D eigenvalue weighted by molar-refractivity contribution is -0.114. The van der Waals surface area contributed by atoms with Crippen LogP contribution in [0.2, 0.25) is 0 Å². The van der Waals surface area contributed by atoms with Crippen LogP contribution in [-0.4, -0.2) is 48.9 Å². The number of para-hydroxylation sites is 1. The first kappa shape index (κ1) is 13.1. The third-order valence-electron chi connectivity index (χ3n) is 3.32. The second kappa shape index (κ2) is 5.98. The maximum absolute atomic E-state index is 11.2. The highest BCUT2D eigenvalue weighted by atomic mass is 16.1. The summed E-state index contributed by atoms with van der Waals surface area (Å²) in [6.45, 7) is 6.86. The summed E-state index contributed by atoms with van der Waals surface area (Å²) in [5.41, 5.74) is 2.13. The van der Waals surface area contributed by atoms with E-state index in [1.807, 2.05) is 18.2 Å². The lowest BCUT2D eigenvalue weighted by Crippen LogP contribution is -2.43. The molecule has 0 saturated carbocycles. The van der Waals surface area contributed by atoms with Crippen molar-refractivity contribution in [3.05, 3.63) is 29.8 Å². The molecule has 1 aromatic carbocycles. The highest BCUT2D eigenvalue weighted by molar-refractivity contribution is 5.89. The molecule has 0 aliphatic carbocycles. The normalized spacial score (nSPS) is 17.7. The second-order valence-electron chi connectivity index (χ2n) is 4.92. The minimum atomic E-state index is -0.0131. The van der Waals surface area contributed by atoms with Gasteiger partial charge >= 0.3 is 0 Å². The Balaban J connectivity index is 2.02. The second-order valence-corrected chi connectivity index (χ2v) is 4.92. The number of carbonyl (C=O) groups is 1. The highest BCUT2D eigenvalue weighted by Crippen LogP contribution is 2.17. The number of nitrogens with one attached hydrogen (secondary N) is 1. The zero-order valence-corrected chi connectivity index (χ0v) is 11.1. The molecule has 4 heteroatoms. The molecule has 1 amide bonds. The molecule has 0 radical (unpaired) electrons. The van der Waals surface area contributed by atoms with Gasteiger partial charge in [0.25, 0.3) is 0 Å². The van der Waals surface area contributed by atoms with Gasteiger partial charge in [-0.2, -0.15) is 0 Å². The fourth-order valence-corrected chi connectivity index (χ4v) is 2.22. The van der Waals surface area contributed by atoms with Crippen LogP contribution in [0, 0.1) is 0 Å². The van der Waals surface area contributed by atoms with Gasteiger partial charge in [0, 0.05) is 45.3 Å². The lowest BCUT2D eigenvalue weighted by Gasteiger charge is -2.32. The maximum atomic E-state index is 11.2. The van der Waals surface area contributed by atoms with Crippen molar-refractivity contribution in [3.8, 4) is 0 Å². The first-order chi connectivity index (χ1) is 8.65. The summed E-state index contributed by atoms with van der Waals surface area (Å²) < 4.78 is 0. The van der Waals surface area contributed by atoms with E-state index in [4.69, 9.17) is 0 Å². The Hall–Kier alpha value is -1.39.